The molecule has 1 rings (SSSR count). The molecule has 1 aliphatic rings. The lowest BCUT2D eigenvalue weighted by Crippen LogP contribution is -2.47. The van der Waals surface area contributed by atoms with Crippen molar-refractivity contribution in [1.82, 2.24) is 10.2 Å². The quantitative estimate of drug-likeness (QED) is 0.706. The molecule has 0 bridgehead atoms. The third-order valence-electron chi connectivity index (χ3n) is 2.64. The minimum atomic E-state index is 0.0838. The lowest BCUT2D eigenvalue weighted by molar-refractivity contribution is -0.137. The second-order valence-electron chi connectivity index (χ2n) is 3.64. The van der Waals surface area contributed by atoms with Crippen molar-refractivity contribution in [2.24, 2.45) is 0 Å². The van der Waals surface area contributed by atoms with Gasteiger partial charge in [-0.3, -0.25) is 4.79 Å². The lowest BCUT2D eigenvalue weighted by Gasteiger charge is -2.31. The summed E-state index contributed by atoms with van der Waals surface area (Å²) in [5, 5.41) is 3.29. The Hall–Kier alpha value is -0.610. The Morgan fingerprint density at radius 3 is 3.00 bits per heavy atom. The third-order valence-corrected chi connectivity index (χ3v) is 2.64. The molecule has 82 valence electrons. The molecule has 0 spiro atoms. The van der Waals surface area contributed by atoms with E-state index in [1.807, 2.05) is 18.9 Å². The number of ether oxygens (including phenoxy) is 1. The summed E-state index contributed by atoms with van der Waals surface area (Å²) >= 11 is 0. The molecule has 0 aliphatic carbocycles. The average Bonchev–Trinajstić information content (AvgIpc) is 2.26. The molecule has 1 fully saturated rings. The van der Waals surface area contributed by atoms with Gasteiger partial charge in [0.05, 0.1) is 0 Å². The summed E-state index contributed by atoms with van der Waals surface area (Å²) in [6.07, 6.45) is 2.25. The second-order valence-corrected chi connectivity index (χ2v) is 3.64. The zero-order valence-electron chi connectivity index (χ0n) is 9.08. The predicted octanol–water partition coefficient (Wildman–Crippen LogP) is 0.233. The summed E-state index contributed by atoms with van der Waals surface area (Å²) in [6.45, 7) is 4.69. The smallest absolute Gasteiger partial charge is 0.248 e. The summed E-state index contributed by atoms with van der Waals surface area (Å²) in [5.41, 5.74) is 0. The van der Waals surface area contributed by atoms with E-state index in [9.17, 15) is 4.79 Å². The fourth-order valence-electron chi connectivity index (χ4n) is 1.66. The van der Waals surface area contributed by atoms with Gasteiger partial charge in [0.15, 0.2) is 0 Å². The molecule has 14 heavy (non-hydrogen) atoms. The number of rotatable bonds is 4. The number of hydrogen-bond donors (Lipinski definition) is 1. The van der Waals surface area contributed by atoms with Gasteiger partial charge < -0.3 is 15.0 Å². The van der Waals surface area contributed by atoms with E-state index < -0.39 is 0 Å². The fourth-order valence-corrected chi connectivity index (χ4v) is 1.66. The van der Waals surface area contributed by atoms with Gasteiger partial charge in [-0.05, 0) is 26.3 Å². The maximum atomic E-state index is 11.6. The molecule has 1 saturated heterocycles. The Labute approximate surface area is 85.6 Å². The van der Waals surface area contributed by atoms with Crippen molar-refractivity contribution in [3.63, 3.8) is 0 Å². The van der Waals surface area contributed by atoms with E-state index in [2.05, 4.69) is 5.32 Å². The van der Waals surface area contributed by atoms with Crippen LogP contribution in [0.2, 0.25) is 0 Å². The Morgan fingerprint density at radius 1 is 1.64 bits per heavy atom. The molecule has 4 nitrogen and oxygen atoms in total. The van der Waals surface area contributed by atoms with Gasteiger partial charge >= 0.3 is 0 Å². The van der Waals surface area contributed by atoms with Crippen molar-refractivity contribution in [3.05, 3.63) is 0 Å². The first-order chi connectivity index (χ1) is 6.75. The van der Waals surface area contributed by atoms with E-state index in [4.69, 9.17) is 4.74 Å². The van der Waals surface area contributed by atoms with Gasteiger partial charge in [-0.25, -0.2) is 0 Å². The summed E-state index contributed by atoms with van der Waals surface area (Å²) in [5.74, 6) is 0.0838. The van der Waals surface area contributed by atoms with Crippen LogP contribution in [0.5, 0.6) is 0 Å². The minimum Gasteiger partial charge on any atom is -0.372 e. The summed E-state index contributed by atoms with van der Waals surface area (Å²) in [6, 6.07) is 0.344. The molecule has 1 amide bonds. The zero-order valence-corrected chi connectivity index (χ0v) is 9.08. The molecule has 0 aromatic rings. The predicted molar refractivity (Wildman–Crippen MR) is 55.2 cm³/mol. The van der Waals surface area contributed by atoms with Crippen LogP contribution >= 0.6 is 0 Å². The van der Waals surface area contributed by atoms with Gasteiger partial charge in [0, 0.05) is 26.2 Å². The molecule has 0 aromatic carbocycles. The molecule has 1 N–H and O–H groups in total. The molecule has 1 heterocycles. The number of amides is 1. The normalized spacial score (nSPS) is 22.0. The first kappa shape index (κ1) is 11.5. The van der Waals surface area contributed by atoms with Gasteiger partial charge in [-0.1, -0.05) is 0 Å². The van der Waals surface area contributed by atoms with Crippen molar-refractivity contribution in [1.29, 1.82) is 0 Å². The maximum absolute atomic E-state index is 11.6. The van der Waals surface area contributed by atoms with Crippen molar-refractivity contribution < 1.29 is 9.53 Å². The van der Waals surface area contributed by atoms with E-state index in [-0.39, 0.29) is 12.5 Å². The standard InChI is InChI=1S/C10H20N2O2/c1-3-14-8-10(13)12(2)9-5-4-6-11-7-9/h9,11H,3-8H2,1-2H3. The van der Waals surface area contributed by atoms with Crippen molar-refractivity contribution in [2.75, 3.05) is 33.4 Å². The first-order valence-corrected chi connectivity index (χ1v) is 5.29. The van der Waals surface area contributed by atoms with Crippen molar-refractivity contribution in [2.45, 2.75) is 25.8 Å². The number of nitrogens with zero attached hydrogens (tertiary/aromatic N) is 1. The molecule has 0 saturated carbocycles. The Bertz CT molecular complexity index is 179. The number of piperidine rings is 1. The highest BCUT2D eigenvalue weighted by Gasteiger charge is 2.21. The molecule has 0 aromatic heterocycles. The van der Waals surface area contributed by atoms with E-state index in [1.165, 1.54) is 0 Å². The third kappa shape index (κ3) is 3.27. The highest BCUT2D eigenvalue weighted by Crippen LogP contribution is 2.08. The van der Waals surface area contributed by atoms with Gasteiger partial charge in [-0.2, -0.15) is 0 Å². The van der Waals surface area contributed by atoms with E-state index in [1.54, 1.807) is 0 Å². The van der Waals surface area contributed by atoms with Crippen LogP contribution in [0, 0.1) is 0 Å². The van der Waals surface area contributed by atoms with Crippen LogP contribution in [0.4, 0.5) is 0 Å². The monoisotopic (exact) mass is 200 g/mol. The Kier molecular flexibility index (Phi) is 4.90. The number of nitrogens with one attached hydrogen (secondary N) is 1. The van der Waals surface area contributed by atoms with Crippen LogP contribution in [-0.4, -0.2) is 50.2 Å². The summed E-state index contributed by atoms with van der Waals surface area (Å²) in [7, 11) is 1.86. The Morgan fingerprint density at radius 2 is 2.43 bits per heavy atom. The maximum Gasteiger partial charge on any atom is 0.248 e. The van der Waals surface area contributed by atoms with E-state index >= 15 is 0 Å². The highest BCUT2D eigenvalue weighted by atomic mass is 16.5. The van der Waals surface area contributed by atoms with Gasteiger partial charge in [0.25, 0.3) is 0 Å². The van der Waals surface area contributed by atoms with Gasteiger partial charge in [-0.15, -0.1) is 0 Å². The van der Waals surface area contributed by atoms with Crippen molar-refractivity contribution in [3.8, 4) is 0 Å². The van der Waals surface area contributed by atoms with Crippen LogP contribution in [0.25, 0.3) is 0 Å². The van der Waals surface area contributed by atoms with Gasteiger partial charge in [0.1, 0.15) is 6.61 Å². The number of hydrogen-bond acceptors (Lipinski definition) is 3. The molecular formula is C10H20N2O2. The Balaban J connectivity index is 2.30. The van der Waals surface area contributed by atoms with Crippen LogP contribution in [0.3, 0.4) is 0 Å². The average molecular weight is 200 g/mol. The second kappa shape index (κ2) is 5.98. The topological polar surface area (TPSA) is 41.6 Å². The molecule has 1 aliphatic heterocycles. The highest BCUT2D eigenvalue weighted by molar-refractivity contribution is 5.77. The SMILES string of the molecule is CCOCC(=O)N(C)C1CCCNC1. The molecular weight excluding hydrogens is 180 g/mol. The van der Waals surface area contributed by atoms with E-state index in [0.717, 1.165) is 25.9 Å². The van der Waals surface area contributed by atoms with Crippen LogP contribution < -0.4 is 5.32 Å². The summed E-state index contributed by atoms with van der Waals surface area (Å²) in [4.78, 5) is 13.4. The fraction of sp³-hybridized carbons (Fsp3) is 0.900. The van der Waals surface area contributed by atoms with Crippen molar-refractivity contribution >= 4 is 5.91 Å². The van der Waals surface area contributed by atoms with Crippen LogP contribution in [-0.2, 0) is 9.53 Å². The molecule has 0 radical (unpaired) electrons. The first-order valence-electron chi connectivity index (χ1n) is 5.29. The number of carbonyl (C=O) groups excluding carboxylic acids is 1. The van der Waals surface area contributed by atoms with Crippen LogP contribution in [0.15, 0.2) is 0 Å². The molecule has 1 atom stereocenters. The zero-order chi connectivity index (χ0) is 10.4. The molecule has 1 unspecified atom stereocenters. The van der Waals surface area contributed by atoms with Crippen LogP contribution in [0.1, 0.15) is 19.8 Å². The minimum absolute atomic E-state index is 0.0838. The van der Waals surface area contributed by atoms with E-state index in [0.29, 0.717) is 12.6 Å². The molecule has 4 heteroatoms. The van der Waals surface area contributed by atoms with Gasteiger partial charge in [0.2, 0.25) is 5.91 Å². The number of carbonyl (C=O) groups is 1. The summed E-state index contributed by atoms with van der Waals surface area (Å²) < 4.78 is 5.10. The number of likely N-dealkylation sites (N-methyl/N-ethyl adjacent to an activating group) is 1. The lowest BCUT2D eigenvalue weighted by atomic mass is 10.1. The largest absolute Gasteiger partial charge is 0.372 e.